The molecule has 0 aliphatic heterocycles. The van der Waals surface area contributed by atoms with Crippen LogP contribution in [0.3, 0.4) is 0 Å². The van der Waals surface area contributed by atoms with Gasteiger partial charge in [-0.1, -0.05) is 45.0 Å². The van der Waals surface area contributed by atoms with Crippen molar-refractivity contribution in [1.82, 2.24) is 0 Å². The lowest BCUT2D eigenvalue weighted by Gasteiger charge is -2.02. The van der Waals surface area contributed by atoms with E-state index in [9.17, 15) is 9.59 Å². The van der Waals surface area contributed by atoms with Crippen LogP contribution in [0.5, 0.6) is 0 Å². The molecule has 15 heavy (non-hydrogen) atoms. The molecule has 1 aromatic carbocycles. The first kappa shape index (κ1) is 13.6. The SMILES string of the molecule is CC.CCC(=O)c1ccccc1C(C)=O. The van der Waals surface area contributed by atoms with E-state index in [2.05, 4.69) is 0 Å². The molecule has 0 bridgehead atoms. The second-order valence-corrected chi connectivity index (χ2v) is 2.88. The summed E-state index contributed by atoms with van der Waals surface area (Å²) in [6.45, 7) is 7.26. The minimum Gasteiger partial charge on any atom is -0.294 e. The molecule has 0 saturated heterocycles. The van der Waals surface area contributed by atoms with Crippen LogP contribution >= 0.6 is 0 Å². The molecular formula is C13H18O2. The monoisotopic (exact) mass is 206 g/mol. The highest BCUT2D eigenvalue weighted by atomic mass is 16.1. The van der Waals surface area contributed by atoms with Gasteiger partial charge in [0.05, 0.1) is 0 Å². The minimum absolute atomic E-state index is 0.0193. The fourth-order valence-corrected chi connectivity index (χ4v) is 1.22. The standard InChI is InChI=1S/C11H12O2.C2H6/c1-3-11(13)10-7-5-4-6-9(10)8(2)12;1-2/h4-7H,3H2,1-2H3;1-2H3. The molecule has 0 aliphatic rings. The van der Waals surface area contributed by atoms with Crippen LogP contribution in [0.25, 0.3) is 0 Å². The Morgan fingerprint density at radius 3 is 1.93 bits per heavy atom. The molecule has 0 amide bonds. The maximum atomic E-state index is 11.4. The Morgan fingerprint density at radius 2 is 1.53 bits per heavy atom. The van der Waals surface area contributed by atoms with E-state index >= 15 is 0 Å². The van der Waals surface area contributed by atoms with Gasteiger partial charge in [0.15, 0.2) is 11.6 Å². The fraction of sp³-hybridized carbons (Fsp3) is 0.385. The van der Waals surface area contributed by atoms with Crippen LogP contribution in [0.15, 0.2) is 24.3 Å². The average molecular weight is 206 g/mol. The Balaban J connectivity index is 0.000000921. The number of carbonyl (C=O) groups excluding carboxylic acids is 2. The molecule has 0 spiro atoms. The predicted octanol–water partition coefficient (Wildman–Crippen LogP) is 3.51. The third-order valence-corrected chi connectivity index (χ3v) is 1.93. The average Bonchev–Trinajstić information content (AvgIpc) is 2.30. The lowest BCUT2D eigenvalue weighted by molar-refractivity contribution is 0.0966. The number of benzene rings is 1. The lowest BCUT2D eigenvalue weighted by Crippen LogP contribution is -2.05. The van der Waals surface area contributed by atoms with E-state index in [-0.39, 0.29) is 11.6 Å². The van der Waals surface area contributed by atoms with Gasteiger partial charge in [-0.15, -0.1) is 0 Å². The maximum Gasteiger partial charge on any atom is 0.163 e. The Hall–Kier alpha value is -1.44. The molecular weight excluding hydrogens is 188 g/mol. The van der Waals surface area contributed by atoms with Crippen molar-refractivity contribution in [2.45, 2.75) is 34.1 Å². The zero-order valence-corrected chi connectivity index (χ0v) is 9.83. The molecule has 0 radical (unpaired) electrons. The molecule has 0 N–H and O–H groups in total. The van der Waals surface area contributed by atoms with Crippen molar-refractivity contribution in [3.05, 3.63) is 35.4 Å². The van der Waals surface area contributed by atoms with E-state index in [1.165, 1.54) is 6.92 Å². The van der Waals surface area contributed by atoms with Gasteiger partial charge in [-0.05, 0) is 6.92 Å². The van der Waals surface area contributed by atoms with Crippen molar-refractivity contribution >= 4 is 11.6 Å². The van der Waals surface area contributed by atoms with Gasteiger partial charge in [0, 0.05) is 17.5 Å². The molecule has 1 aromatic rings. The summed E-state index contributed by atoms with van der Waals surface area (Å²) >= 11 is 0. The van der Waals surface area contributed by atoms with Crippen molar-refractivity contribution in [3.8, 4) is 0 Å². The Morgan fingerprint density at radius 1 is 1.07 bits per heavy atom. The van der Waals surface area contributed by atoms with Gasteiger partial charge in [-0.3, -0.25) is 9.59 Å². The zero-order chi connectivity index (χ0) is 11.8. The first-order valence-corrected chi connectivity index (χ1v) is 5.30. The quantitative estimate of drug-likeness (QED) is 0.709. The second-order valence-electron chi connectivity index (χ2n) is 2.88. The summed E-state index contributed by atoms with van der Waals surface area (Å²) in [4.78, 5) is 22.5. The molecule has 0 fully saturated rings. The van der Waals surface area contributed by atoms with E-state index in [4.69, 9.17) is 0 Å². The normalized spacial score (nSPS) is 8.80. The highest BCUT2D eigenvalue weighted by Crippen LogP contribution is 2.11. The number of carbonyl (C=O) groups is 2. The highest BCUT2D eigenvalue weighted by Gasteiger charge is 2.11. The van der Waals surface area contributed by atoms with Crippen LogP contribution in [0.2, 0.25) is 0 Å². The Kier molecular flexibility index (Phi) is 6.27. The molecule has 0 aliphatic carbocycles. The summed E-state index contributed by atoms with van der Waals surface area (Å²) in [6.07, 6.45) is 0.435. The third kappa shape index (κ3) is 3.66. The maximum absolute atomic E-state index is 11.4. The van der Waals surface area contributed by atoms with Crippen LogP contribution in [-0.2, 0) is 0 Å². The number of hydrogen-bond donors (Lipinski definition) is 0. The summed E-state index contributed by atoms with van der Waals surface area (Å²) in [5.74, 6) is -0.0387. The van der Waals surface area contributed by atoms with Gasteiger partial charge in [0.1, 0.15) is 0 Å². The molecule has 0 unspecified atom stereocenters. The van der Waals surface area contributed by atoms with Crippen LogP contribution < -0.4 is 0 Å². The summed E-state index contributed by atoms with van der Waals surface area (Å²) in [6, 6.07) is 6.92. The molecule has 0 saturated carbocycles. The van der Waals surface area contributed by atoms with Crippen LogP contribution in [0.1, 0.15) is 54.8 Å². The summed E-state index contributed by atoms with van der Waals surface area (Å²) in [7, 11) is 0. The van der Waals surface area contributed by atoms with Crippen LogP contribution in [-0.4, -0.2) is 11.6 Å². The second kappa shape index (κ2) is 6.93. The van der Waals surface area contributed by atoms with E-state index in [1.807, 2.05) is 13.8 Å². The van der Waals surface area contributed by atoms with Gasteiger partial charge in [-0.25, -0.2) is 0 Å². The smallest absolute Gasteiger partial charge is 0.163 e. The zero-order valence-electron chi connectivity index (χ0n) is 9.83. The molecule has 2 heteroatoms. The van der Waals surface area contributed by atoms with Crippen molar-refractivity contribution in [2.24, 2.45) is 0 Å². The topological polar surface area (TPSA) is 34.1 Å². The number of ketones is 2. The van der Waals surface area contributed by atoms with Crippen LogP contribution in [0, 0.1) is 0 Å². The van der Waals surface area contributed by atoms with Crippen molar-refractivity contribution in [2.75, 3.05) is 0 Å². The third-order valence-electron chi connectivity index (χ3n) is 1.93. The Labute approximate surface area is 91.3 Å². The fourth-order valence-electron chi connectivity index (χ4n) is 1.22. The van der Waals surface area contributed by atoms with E-state index in [1.54, 1.807) is 31.2 Å². The number of rotatable bonds is 3. The molecule has 0 atom stereocenters. The molecule has 0 aromatic heterocycles. The van der Waals surface area contributed by atoms with Gasteiger partial charge in [0.25, 0.3) is 0 Å². The molecule has 82 valence electrons. The summed E-state index contributed by atoms with van der Waals surface area (Å²) in [5.41, 5.74) is 1.06. The molecule has 2 nitrogen and oxygen atoms in total. The summed E-state index contributed by atoms with van der Waals surface area (Å²) in [5, 5.41) is 0. The van der Waals surface area contributed by atoms with E-state index in [0.717, 1.165) is 0 Å². The summed E-state index contributed by atoms with van der Waals surface area (Å²) < 4.78 is 0. The van der Waals surface area contributed by atoms with E-state index < -0.39 is 0 Å². The number of hydrogen-bond acceptors (Lipinski definition) is 2. The minimum atomic E-state index is -0.0580. The van der Waals surface area contributed by atoms with Crippen LogP contribution in [0.4, 0.5) is 0 Å². The molecule has 1 rings (SSSR count). The van der Waals surface area contributed by atoms with Crippen molar-refractivity contribution in [1.29, 1.82) is 0 Å². The van der Waals surface area contributed by atoms with Gasteiger partial charge in [0.2, 0.25) is 0 Å². The highest BCUT2D eigenvalue weighted by molar-refractivity contribution is 6.07. The first-order chi connectivity index (χ1) is 7.16. The molecule has 0 heterocycles. The van der Waals surface area contributed by atoms with Crippen molar-refractivity contribution in [3.63, 3.8) is 0 Å². The Bertz CT molecular complexity index is 340. The van der Waals surface area contributed by atoms with Crippen molar-refractivity contribution < 1.29 is 9.59 Å². The van der Waals surface area contributed by atoms with Gasteiger partial charge < -0.3 is 0 Å². The number of Topliss-reactive ketones (excluding diaryl/α,β-unsaturated/α-hetero) is 2. The van der Waals surface area contributed by atoms with E-state index in [0.29, 0.717) is 17.5 Å². The van der Waals surface area contributed by atoms with Gasteiger partial charge >= 0.3 is 0 Å². The van der Waals surface area contributed by atoms with Gasteiger partial charge in [-0.2, -0.15) is 0 Å². The lowest BCUT2D eigenvalue weighted by atomic mass is 10.00. The first-order valence-electron chi connectivity index (χ1n) is 5.30. The predicted molar refractivity (Wildman–Crippen MR) is 62.4 cm³/mol. The largest absolute Gasteiger partial charge is 0.294 e.